The van der Waals surface area contributed by atoms with Crippen molar-refractivity contribution < 1.29 is 4.79 Å². The minimum Gasteiger partial charge on any atom is -0.360 e. The lowest BCUT2D eigenvalue weighted by Crippen LogP contribution is -2.51. The summed E-state index contributed by atoms with van der Waals surface area (Å²) in [6, 6.07) is 15.7. The Balaban J connectivity index is 1.64. The molecule has 5 nitrogen and oxygen atoms in total. The molecule has 2 aromatic carbocycles. The standard InChI is InChI=1S/C24H27ClN4OS/c1-15-8-11-18(12-9-15)26-24(31)28-22-23(30)29(2)20-13-10-17(25)14-19(20)21(27-22)16-6-4-3-5-7-16/h3-7,10,13-15,18,22H,8-9,11-12H2,1-2H3,(H2,26,28,31). The minimum atomic E-state index is -0.825. The fourth-order valence-corrected chi connectivity index (χ4v) is 4.67. The number of carbonyl (C=O) groups excluding carboxylic acids is 1. The van der Waals surface area contributed by atoms with Crippen molar-refractivity contribution in [3.05, 3.63) is 64.7 Å². The maximum absolute atomic E-state index is 13.3. The van der Waals surface area contributed by atoms with Gasteiger partial charge in [0.15, 0.2) is 5.11 Å². The van der Waals surface area contributed by atoms with E-state index in [-0.39, 0.29) is 5.91 Å². The van der Waals surface area contributed by atoms with Gasteiger partial charge in [0.2, 0.25) is 6.17 Å². The van der Waals surface area contributed by atoms with Gasteiger partial charge in [-0.2, -0.15) is 0 Å². The average molecular weight is 455 g/mol. The van der Waals surface area contributed by atoms with Gasteiger partial charge < -0.3 is 15.5 Å². The Morgan fingerprint density at radius 1 is 1.10 bits per heavy atom. The molecule has 0 aromatic heterocycles. The highest BCUT2D eigenvalue weighted by Crippen LogP contribution is 2.30. The minimum absolute atomic E-state index is 0.170. The molecule has 2 aliphatic rings. The van der Waals surface area contributed by atoms with Crippen LogP contribution in [0.4, 0.5) is 5.69 Å². The number of benzene rings is 2. The van der Waals surface area contributed by atoms with Gasteiger partial charge in [-0.3, -0.25) is 4.79 Å². The first-order chi connectivity index (χ1) is 14.9. The Morgan fingerprint density at radius 2 is 1.81 bits per heavy atom. The van der Waals surface area contributed by atoms with Gasteiger partial charge in [0.25, 0.3) is 5.91 Å². The second-order valence-electron chi connectivity index (χ2n) is 8.38. The highest BCUT2D eigenvalue weighted by Gasteiger charge is 2.31. The molecule has 1 atom stereocenters. The summed E-state index contributed by atoms with van der Waals surface area (Å²) in [6.07, 6.45) is 3.73. The molecule has 0 radical (unpaired) electrons. The van der Waals surface area contributed by atoms with Crippen LogP contribution in [0.3, 0.4) is 0 Å². The number of carbonyl (C=O) groups is 1. The van der Waals surface area contributed by atoms with Gasteiger partial charge in [0.05, 0.1) is 11.4 Å². The number of nitrogens with zero attached hydrogens (tertiary/aromatic N) is 2. The first-order valence-electron chi connectivity index (χ1n) is 10.7. The number of amides is 1. The highest BCUT2D eigenvalue weighted by atomic mass is 35.5. The van der Waals surface area contributed by atoms with Crippen molar-refractivity contribution in [1.29, 1.82) is 0 Å². The molecular formula is C24H27ClN4OS. The molecule has 4 rings (SSSR count). The molecule has 162 valence electrons. The summed E-state index contributed by atoms with van der Waals surface area (Å²) in [5.74, 6) is 0.593. The van der Waals surface area contributed by atoms with Crippen LogP contribution in [-0.4, -0.2) is 36.0 Å². The number of halogens is 1. The van der Waals surface area contributed by atoms with Crippen LogP contribution in [0.1, 0.15) is 43.7 Å². The smallest absolute Gasteiger partial charge is 0.272 e. The molecule has 1 aliphatic heterocycles. The molecule has 31 heavy (non-hydrogen) atoms. The Morgan fingerprint density at radius 3 is 2.52 bits per heavy atom. The fraction of sp³-hybridized carbons (Fsp3) is 0.375. The predicted molar refractivity (Wildman–Crippen MR) is 131 cm³/mol. The lowest BCUT2D eigenvalue weighted by Gasteiger charge is -2.29. The number of fused-ring (bicyclic) bond motifs is 1. The van der Waals surface area contributed by atoms with Gasteiger partial charge in [-0.1, -0.05) is 48.9 Å². The van der Waals surface area contributed by atoms with Crippen molar-refractivity contribution in [3.63, 3.8) is 0 Å². The summed E-state index contributed by atoms with van der Waals surface area (Å²) in [7, 11) is 1.76. The number of anilines is 1. The van der Waals surface area contributed by atoms with Crippen molar-refractivity contribution in [2.75, 3.05) is 11.9 Å². The zero-order valence-corrected chi connectivity index (χ0v) is 19.3. The zero-order valence-electron chi connectivity index (χ0n) is 17.8. The summed E-state index contributed by atoms with van der Waals surface area (Å²) in [5.41, 5.74) is 3.21. The second-order valence-corrected chi connectivity index (χ2v) is 9.22. The fourth-order valence-electron chi connectivity index (χ4n) is 4.22. The van der Waals surface area contributed by atoms with E-state index in [2.05, 4.69) is 17.6 Å². The van der Waals surface area contributed by atoms with Crippen LogP contribution in [0, 0.1) is 5.92 Å². The Hall–Kier alpha value is -2.44. The molecule has 1 aliphatic carbocycles. The van der Waals surface area contributed by atoms with E-state index in [0.717, 1.165) is 35.6 Å². The quantitative estimate of drug-likeness (QED) is 0.669. The normalized spacial score (nSPS) is 23.5. The molecule has 1 fully saturated rings. The lowest BCUT2D eigenvalue weighted by molar-refractivity contribution is -0.119. The van der Waals surface area contributed by atoms with Crippen molar-refractivity contribution in [2.24, 2.45) is 10.9 Å². The van der Waals surface area contributed by atoms with E-state index in [1.54, 1.807) is 18.0 Å². The third-order valence-electron chi connectivity index (χ3n) is 6.06. The van der Waals surface area contributed by atoms with E-state index in [1.807, 2.05) is 42.5 Å². The third kappa shape index (κ3) is 4.91. The number of benzodiazepines with no additional fused rings is 1. The van der Waals surface area contributed by atoms with Crippen LogP contribution in [0.15, 0.2) is 53.5 Å². The van der Waals surface area contributed by atoms with Crippen LogP contribution in [0.25, 0.3) is 0 Å². The summed E-state index contributed by atoms with van der Waals surface area (Å²) in [6.45, 7) is 2.29. The van der Waals surface area contributed by atoms with Crippen LogP contribution in [0.2, 0.25) is 5.02 Å². The number of rotatable bonds is 3. The van der Waals surface area contributed by atoms with Gasteiger partial charge in [0, 0.05) is 29.2 Å². The number of likely N-dealkylation sites (N-methyl/N-ethyl adjacent to an activating group) is 1. The molecular weight excluding hydrogens is 428 g/mol. The summed E-state index contributed by atoms with van der Waals surface area (Å²) in [4.78, 5) is 19.7. The van der Waals surface area contributed by atoms with Gasteiger partial charge >= 0.3 is 0 Å². The van der Waals surface area contributed by atoms with E-state index < -0.39 is 6.17 Å². The summed E-state index contributed by atoms with van der Waals surface area (Å²) >= 11 is 11.9. The molecule has 0 spiro atoms. The van der Waals surface area contributed by atoms with E-state index >= 15 is 0 Å². The topological polar surface area (TPSA) is 56.7 Å². The summed E-state index contributed by atoms with van der Waals surface area (Å²) < 4.78 is 0. The Labute approximate surface area is 193 Å². The molecule has 1 amide bonds. The first-order valence-corrected chi connectivity index (χ1v) is 11.5. The van der Waals surface area contributed by atoms with Crippen molar-refractivity contribution in [1.82, 2.24) is 10.6 Å². The number of hydrogen-bond donors (Lipinski definition) is 2. The molecule has 7 heteroatoms. The largest absolute Gasteiger partial charge is 0.360 e. The molecule has 2 N–H and O–H groups in total. The molecule has 1 heterocycles. The van der Waals surface area contributed by atoms with Crippen LogP contribution in [-0.2, 0) is 4.79 Å². The van der Waals surface area contributed by atoms with Gasteiger partial charge in [0.1, 0.15) is 0 Å². The number of nitrogens with one attached hydrogen (secondary N) is 2. The lowest BCUT2D eigenvalue weighted by atomic mass is 9.87. The molecule has 0 saturated heterocycles. The molecule has 0 bridgehead atoms. The number of thiocarbonyl (C=S) groups is 1. The van der Waals surface area contributed by atoms with E-state index in [0.29, 0.717) is 21.9 Å². The highest BCUT2D eigenvalue weighted by molar-refractivity contribution is 7.80. The van der Waals surface area contributed by atoms with Crippen molar-refractivity contribution in [2.45, 2.75) is 44.8 Å². The number of aliphatic imine (C=N–C) groups is 1. The monoisotopic (exact) mass is 454 g/mol. The van der Waals surface area contributed by atoms with Gasteiger partial charge in [-0.25, -0.2) is 4.99 Å². The van der Waals surface area contributed by atoms with Crippen LogP contribution in [0.5, 0.6) is 0 Å². The van der Waals surface area contributed by atoms with E-state index in [4.69, 9.17) is 28.8 Å². The molecule has 1 saturated carbocycles. The van der Waals surface area contributed by atoms with E-state index in [1.165, 1.54) is 12.8 Å². The van der Waals surface area contributed by atoms with E-state index in [9.17, 15) is 4.79 Å². The van der Waals surface area contributed by atoms with Crippen LogP contribution >= 0.6 is 23.8 Å². The average Bonchev–Trinajstić information content (AvgIpc) is 2.86. The zero-order chi connectivity index (χ0) is 22.0. The number of hydrogen-bond acceptors (Lipinski definition) is 3. The first kappa shape index (κ1) is 21.8. The maximum Gasteiger partial charge on any atom is 0.272 e. The molecule has 1 unspecified atom stereocenters. The SMILES string of the molecule is CC1CCC(NC(=S)NC2N=C(c3ccccc3)c3cc(Cl)ccc3N(C)C2=O)CC1. The van der Waals surface area contributed by atoms with Crippen LogP contribution < -0.4 is 15.5 Å². The Bertz CT molecular complexity index is 1000. The summed E-state index contributed by atoms with van der Waals surface area (Å²) in [5, 5.41) is 7.60. The Kier molecular flexibility index (Phi) is 6.58. The maximum atomic E-state index is 13.3. The van der Waals surface area contributed by atoms with Gasteiger partial charge in [-0.05, 0) is 62.0 Å². The van der Waals surface area contributed by atoms with Crippen molar-refractivity contribution >= 4 is 46.2 Å². The third-order valence-corrected chi connectivity index (χ3v) is 6.53. The van der Waals surface area contributed by atoms with Crippen molar-refractivity contribution in [3.8, 4) is 0 Å². The predicted octanol–water partition coefficient (Wildman–Crippen LogP) is 4.52. The molecule has 2 aromatic rings. The second kappa shape index (κ2) is 9.37. The van der Waals surface area contributed by atoms with Gasteiger partial charge in [-0.15, -0.1) is 0 Å².